The molecule has 2 unspecified atom stereocenters. The lowest BCUT2D eigenvalue weighted by molar-refractivity contribution is -0.127. The first kappa shape index (κ1) is 12.8. The van der Waals surface area contributed by atoms with E-state index in [4.69, 9.17) is 4.74 Å². The monoisotopic (exact) mass is 240 g/mol. The van der Waals surface area contributed by atoms with Gasteiger partial charge in [-0.1, -0.05) is 0 Å². The number of carbonyl (C=O) groups excluding carboxylic acids is 1. The summed E-state index contributed by atoms with van der Waals surface area (Å²) in [6.07, 6.45) is 5.48. The quantitative estimate of drug-likeness (QED) is 0.775. The maximum absolute atomic E-state index is 12.1. The maximum Gasteiger partial charge on any atom is 0.226 e. The molecule has 4 nitrogen and oxygen atoms in total. The number of rotatable bonds is 3. The lowest BCUT2D eigenvalue weighted by Gasteiger charge is -2.29. The van der Waals surface area contributed by atoms with E-state index in [2.05, 4.69) is 10.6 Å². The van der Waals surface area contributed by atoms with Gasteiger partial charge < -0.3 is 15.4 Å². The molecule has 0 bridgehead atoms. The third-order valence-electron chi connectivity index (χ3n) is 4.19. The van der Waals surface area contributed by atoms with Crippen molar-refractivity contribution in [3.63, 3.8) is 0 Å². The van der Waals surface area contributed by atoms with Crippen molar-refractivity contribution in [2.45, 2.75) is 57.2 Å². The van der Waals surface area contributed by atoms with Crippen LogP contribution in [0.1, 0.15) is 39.0 Å². The first-order valence-electron chi connectivity index (χ1n) is 6.80. The van der Waals surface area contributed by atoms with Crippen molar-refractivity contribution in [1.29, 1.82) is 0 Å². The van der Waals surface area contributed by atoms with Crippen molar-refractivity contribution >= 4 is 5.91 Å². The molecule has 1 saturated heterocycles. The summed E-state index contributed by atoms with van der Waals surface area (Å²) in [6, 6.07) is 1.01. The zero-order chi connectivity index (χ0) is 12.3. The Balaban J connectivity index is 1.76. The average molecular weight is 240 g/mol. The van der Waals surface area contributed by atoms with E-state index in [9.17, 15) is 4.79 Å². The normalized spacial score (nSPS) is 38.0. The van der Waals surface area contributed by atoms with Gasteiger partial charge in [0.05, 0.1) is 12.0 Å². The summed E-state index contributed by atoms with van der Waals surface area (Å²) < 4.78 is 5.44. The highest BCUT2D eigenvalue weighted by molar-refractivity contribution is 5.79. The summed E-state index contributed by atoms with van der Waals surface area (Å²) in [7, 11) is 2.02. The number of hydrogen-bond donors (Lipinski definition) is 2. The van der Waals surface area contributed by atoms with E-state index in [0.29, 0.717) is 12.1 Å². The van der Waals surface area contributed by atoms with Crippen LogP contribution in [-0.4, -0.2) is 37.7 Å². The minimum Gasteiger partial charge on any atom is -0.378 e. The molecule has 2 atom stereocenters. The minimum atomic E-state index is 0.0667. The highest BCUT2D eigenvalue weighted by atomic mass is 16.5. The van der Waals surface area contributed by atoms with Crippen molar-refractivity contribution in [1.82, 2.24) is 10.6 Å². The molecule has 1 aliphatic carbocycles. The van der Waals surface area contributed by atoms with Crippen LogP contribution in [0.2, 0.25) is 0 Å². The van der Waals surface area contributed by atoms with Crippen LogP contribution in [0.5, 0.6) is 0 Å². The van der Waals surface area contributed by atoms with Crippen LogP contribution in [0.3, 0.4) is 0 Å². The zero-order valence-electron chi connectivity index (χ0n) is 10.9. The molecular weight excluding hydrogens is 216 g/mol. The summed E-state index contributed by atoms with van der Waals surface area (Å²) in [5.41, 5.74) is 0. The SMILES string of the molecule is CNC1CCC(NC(=O)C2CCOC2C)CC1. The highest BCUT2D eigenvalue weighted by Gasteiger charge is 2.32. The fourth-order valence-corrected chi connectivity index (χ4v) is 2.91. The van der Waals surface area contributed by atoms with Crippen molar-refractivity contribution < 1.29 is 9.53 Å². The predicted molar refractivity (Wildman–Crippen MR) is 66.8 cm³/mol. The molecular formula is C13H24N2O2. The topological polar surface area (TPSA) is 50.4 Å². The van der Waals surface area contributed by atoms with E-state index in [1.807, 2.05) is 14.0 Å². The summed E-state index contributed by atoms with van der Waals surface area (Å²) in [5.74, 6) is 0.264. The molecule has 0 aromatic rings. The van der Waals surface area contributed by atoms with E-state index >= 15 is 0 Å². The highest BCUT2D eigenvalue weighted by Crippen LogP contribution is 2.23. The molecule has 2 fully saturated rings. The van der Waals surface area contributed by atoms with Crippen molar-refractivity contribution in [2.24, 2.45) is 5.92 Å². The van der Waals surface area contributed by atoms with Gasteiger partial charge in [-0.3, -0.25) is 4.79 Å². The molecule has 0 spiro atoms. The Bertz CT molecular complexity index is 262. The molecule has 1 saturated carbocycles. The van der Waals surface area contributed by atoms with Gasteiger partial charge in [-0.25, -0.2) is 0 Å². The second kappa shape index (κ2) is 5.83. The summed E-state index contributed by atoms with van der Waals surface area (Å²) in [6.45, 7) is 2.72. The van der Waals surface area contributed by atoms with Crippen LogP contribution in [0.4, 0.5) is 0 Å². The van der Waals surface area contributed by atoms with Crippen LogP contribution < -0.4 is 10.6 Å². The zero-order valence-corrected chi connectivity index (χ0v) is 10.9. The minimum absolute atomic E-state index is 0.0667. The number of amides is 1. The second-order valence-corrected chi connectivity index (χ2v) is 5.32. The predicted octanol–water partition coefficient (Wildman–Crippen LogP) is 1.06. The van der Waals surface area contributed by atoms with Crippen LogP contribution in [0.15, 0.2) is 0 Å². The first-order chi connectivity index (χ1) is 8.20. The molecule has 0 radical (unpaired) electrons. The summed E-state index contributed by atoms with van der Waals surface area (Å²) in [4.78, 5) is 12.1. The van der Waals surface area contributed by atoms with Gasteiger partial charge in [0.15, 0.2) is 0 Å². The standard InChI is InChI=1S/C13H24N2O2/c1-9-12(7-8-17-9)13(16)15-11-5-3-10(14-2)4-6-11/h9-12,14H,3-8H2,1-2H3,(H,15,16). The van der Waals surface area contributed by atoms with E-state index in [1.165, 1.54) is 0 Å². The van der Waals surface area contributed by atoms with Gasteiger partial charge >= 0.3 is 0 Å². The molecule has 0 aromatic carbocycles. The molecule has 1 amide bonds. The van der Waals surface area contributed by atoms with E-state index in [1.54, 1.807) is 0 Å². The smallest absolute Gasteiger partial charge is 0.226 e. The van der Waals surface area contributed by atoms with Gasteiger partial charge in [-0.05, 0) is 46.1 Å². The number of nitrogens with one attached hydrogen (secondary N) is 2. The largest absolute Gasteiger partial charge is 0.378 e. The fraction of sp³-hybridized carbons (Fsp3) is 0.923. The molecule has 17 heavy (non-hydrogen) atoms. The lowest BCUT2D eigenvalue weighted by atomic mass is 9.90. The van der Waals surface area contributed by atoms with E-state index in [-0.39, 0.29) is 17.9 Å². The van der Waals surface area contributed by atoms with Crippen LogP contribution in [-0.2, 0) is 9.53 Å². The number of ether oxygens (including phenoxy) is 1. The molecule has 2 N–H and O–H groups in total. The Morgan fingerprint density at radius 2 is 1.76 bits per heavy atom. The Morgan fingerprint density at radius 1 is 1.12 bits per heavy atom. The van der Waals surface area contributed by atoms with Crippen molar-refractivity contribution in [3.8, 4) is 0 Å². The average Bonchev–Trinajstić information content (AvgIpc) is 2.76. The summed E-state index contributed by atoms with van der Waals surface area (Å²) in [5, 5.41) is 6.50. The molecule has 1 heterocycles. The van der Waals surface area contributed by atoms with Crippen LogP contribution >= 0.6 is 0 Å². The fourth-order valence-electron chi connectivity index (χ4n) is 2.91. The van der Waals surface area contributed by atoms with E-state index in [0.717, 1.165) is 38.7 Å². The third-order valence-corrected chi connectivity index (χ3v) is 4.19. The summed E-state index contributed by atoms with van der Waals surface area (Å²) >= 11 is 0. The van der Waals surface area contributed by atoms with Gasteiger partial charge in [0.2, 0.25) is 5.91 Å². The lowest BCUT2D eigenvalue weighted by Crippen LogP contribution is -2.44. The van der Waals surface area contributed by atoms with Crippen molar-refractivity contribution in [2.75, 3.05) is 13.7 Å². The molecule has 4 heteroatoms. The van der Waals surface area contributed by atoms with Crippen LogP contribution in [0.25, 0.3) is 0 Å². The van der Waals surface area contributed by atoms with E-state index < -0.39 is 0 Å². The Labute approximate surface area is 103 Å². The second-order valence-electron chi connectivity index (χ2n) is 5.32. The van der Waals surface area contributed by atoms with Gasteiger partial charge in [0.25, 0.3) is 0 Å². The molecule has 0 aromatic heterocycles. The molecule has 1 aliphatic heterocycles. The Hall–Kier alpha value is -0.610. The van der Waals surface area contributed by atoms with Gasteiger partial charge in [0.1, 0.15) is 0 Å². The van der Waals surface area contributed by atoms with Gasteiger partial charge in [-0.15, -0.1) is 0 Å². The van der Waals surface area contributed by atoms with Crippen LogP contribution in [0, 0.1) is 5.92 Å². The first-order valence-corrected chi connectivity index (χ1v) is 6.80. The molecule has 2 rings (SSSR count). The molecule has 2 aliphatic rings. The number of hydrogen-bond acceptors (Lipinski definition) is 3. The number of carbonyl (C=O) groups is 1. The third kappa shape index (κ3) is 3.19. The van der Waals surface area contributed by atoms with Crippen molar-refractivity contribution in [3.05, 3.63) is 0 Å². The van der Waals surface area contributed by atoms with Gasteiger partial charge in [0, 0.05) is 18.7 Å². The Kier molecular flexibility index (Phi) is 4.40. The van der Waals surface area contributed by atoms with Gasteiger partial charge in [-0.2, -0.15) is 0 Å². The molecule has 98 valence electrons. The Morgan fingerprint density at radius 3 is 2.29 bits per heavy atom. The maximum atomic E-state index is 12.1.